The van der Waals surface area contributed by atoms with Crippen LogP contribution in [0, 0.1) is 0 Å². The summed E-state index contributed by atoms with van der Waals surface area (Å²) in [4.78, 5) is 5.29. The fourth-order valence-corrected chi connectivity index (χ4v) is 7.77. The largest absolute Gasteiger partial charge is 0.456 e. The van der Waals surface area contributed by atoms with Crippen LogP contribution >= 0.6 is 0 Å². The van der Waals surface area contributed by atoms with Gasteiger partial charge in [-0.3, -0.25) is 5.32 Å². The lowest BCUT2D eigenvalue weighted by molar-refractivity contribution is 0.411. The quantitative estimate of drug-likeness (QED) is 0.181. The Hall–Kier alpha value is -6.49. The van der Waals surface area contributed by atoms with Gasteiger partial charge in [0.1, 0.15) is 29.3 Å². The first kappa shape index (κ1) is 29.4. The first-order chi connectivity index (χ1) is 25.3. The molecule has 0 saturated heterocycles. The summed E-state index contributed by atoms with van der Waals surface area (Å²) in [6.45, 7) is 0. The maximum atomic E-state index is 6.42. The monoisotopic (exact) mass is 655 g/mol. The molecule has 4 nitrogen and oxygen atoms in total. The number of fused-ring (bicyclic) bond motifs is 6. The number of benzene rings is 8. The predicted molar refractivity (Wildman–Crippen MR) is 211 cm³/mol. The number of nitrogens with zero attached hydrogens (tertiary/aromatic N) is 1. The van der Waals surface area contributed by atoms with E-state index < -0.39 is 0 Å². The SMILES string of the molecule is c1ccc(C2=NC(c3ccc(-c4cc5ccccc5c5ccccc45)cc3)NC(c3c(-c4ccccc4)ccc4oc5ccccc5c34)N2)cc1. The molecule has 2 N–H and O–H groups in total. The molecule has 1 aromatic heterocycles. The smallest absolute Gasteiger partial charge is 0.135 e. The van der Waals surface area contributed by atoms with E-state index in [9.17, 15) is 0 Å². The minimum atomic E-state index is -0.300. The number of rotatable bonds is 5. The second-order valence-corrected chi connectivity index (χ2v) is 13.2. The van der Waals surface area contributed by atoms with Crippen LogP contribution in [0.25, 0.3) is 65.7 Å². The van der Waals surface area contributed by atoms with Crippen LogP contribution in [0.3, 0.4) is 0 Å². The number of aliphatic imine (C=N–C) groups is 1. The van der Waals surface area contributed by atoms with Gasteiger partial charge in [-0.2, -0.15) is 0 Å². The molecule has 2 heterocycles. The molecule has 0 aliphatic carbocycles. The third kappa shape index (κ3) is 5.08. The van der Waals surface area contributed by atoms with Crippen molar-refractivity contribution in [2.75, 3.05) is 0 Å². The van der Waals surface area contributed by atoms with Crippen LogP contribution < -0.4 is 10.6 Å². The zero-order valence-corrected chi connectivity index (χ0v) is 27.8. The van der Waals surface area contributed by atoms with Crippen molar-refractivity contribution < 1.29 is 4.42 Å². The lowest BCUT2D eigenvalue weighted by Gasteiger charge is -2.33. The molecular weight excluding hydrogens is 623 g/mol. The summed E-state index contributed by atoms with van der Waals surface area (Å²) in [5, 5.41) is 15.0. The molecule has 2 unspecified atom stereocenters. The molecule has 0 amide bonds. The van der Waals surface area contributed by atoms with Crippen molar-refractivity contribution in [2.24, 2.45) is 4.99 Å². The summed E-state index contributed by atoms with van der Waals surface area (Å²) in [5.74, 6) is 0.845. The molecule has 51 heavy (non-hydrogen) atoms. The van der Waals surface area contributed by atoms with Gasteiger partial charge in [0.2, 0.25) is 0 Å². The van der Waals surface area contributed by atoms with E-state index in [0.717, 1.165) is 55.6 Å². The summed E-state index contributed by atoms with van der Waals surface area (Å²) in [5.41, 5.74) is 9.71. The fraction of sp³-hybridized carbons (Fsp3) is 0.0426. The number of hydrogen-bond acceptors (Lipinski definition) is 4. The van der Waals surface area contributed by atoms with Gasteiger partial charge in [-0.15, -0.1) is 0 Å². The predicted octanol–water partition coefficient (Wildman–Crippen LogP) is 11.6. The van der Waals surface area contributed by atoms with E-state index >= 15 is 0 Å². The molecular formula is C47H33N3O. The third-order valence-electron chi connectivity index (χ3n) is 10.2. The van der Waals surface area contributed by atoms with Crippen molar-refractivity contribution in [3.05, 3.63) is 193 Å². The van der Waals surface area contributed by atoms with Crippen LogP contribution in [0.5, 0.6) is 0 Å². The topological polar surface area (TPSA) is 49.6 Å². The van der Waals surface area contributed by atoms with E-state index in [1.54, 1.807) is 0 Å². The highest BCUT2D eigenvalue weighted by Crippen LogP contribution is 2.41. The molecule has 0 bridgehead atoms. The van der Waals surface area contributed by atoms with E-state index in [-0.39, 0.29) is 12.3 Å². The van der Waals surface area contributed by atoms with Gasteiger partial charge in [0.25, 0.3) is 0 Å². The third-order valence-corrected chi connectivity index (χ3v) is 10.2. The van der Waals surface area contributed by atoms with E-state index in [4.69, 9.17) is 9.41 Å². The van der Waals surface area contributed by atoms with Gasteiger partial charge in [0, 0.05) is 21.9 Å². The highest BCUT2D eigenvalue weighted by Gasteiger charge is 2.30. The Balaban J connectivity index is 1.12. The van der Waals surface area contributed by atoms with Crippen LogP contribution in [0.2, 0.25) is 0 Å². The normalized spacial score (nSPS) is 16.0. The summed E-state index contributed by atoms with van der Waals surface area (Å²) in [7, 11) is 0. The first-order valence-electron chi connectivity index (χ1n) is 17.4. The number of hydrogen-bond donors (Lipinski definition) is 2. The Labute approximate surface area is 295 Å². The van der Waals surface area contributed by atoms with Crippen LogP contribution in [0.4, 0.5) is 0 Å². The van der Waals surface area contributed by atoms with Gasteiger partial charge < -0.3 is 9.73 Å². The molecule has 4 heteroatoms. The van der Waals surface area contributed by atoms with Crippen molar-refractivity contribution >= 4 is 49.3 Å². The fourth-order valence-electron chi connectivity index (χ4n) is 7.77. The van der Waals surface area contributed by atoms with Gasteiger partial charge >= 0.3 is 0 Å². The lowest BCUT2D eigenvalue weighted by Crippen LogP contribution is -2.45. The number of furan rings is 1. The first-order valence-corrected chi connectivity index (χ1v) is 17.4. The van der Waals surface area contributed by atoms with Crippen molar-refractivity contribution in [1.29, 1.82) is 0 Å². The Morgan fingerprint density at radius 2 is 1.10 bits per heavy atom. The standard InChI is InChI=1S/C47H33N3O/c1-3-13-30(14-4-1)36-27-28-42-43(39-21-11-12-22-41(39)51-42)44(36)47-49-45(32-15-5-2-6-16-32)48-46(50-47)33-25-23-31(24-26-33)40-29-34-17-7-8-18-35(34)37-19-9-10-20-38(37)40/h1-29,46-47,50H,(H,48,49). The van der Waals surface area contributed by atoms with E-state index in [2.05, 4.69) is 168 Å². The molecule has 1 aliphatic heterocycles. The van der Waals surface area contributed by atoms with Crippen LogP contribution in [-0.4, -0.2) is 5.84 Å². The van der Waals surface area contributed by atoms with Crippen molar-refractivity contribution in [1.82, 2.24) is 10.6 Å². The average Bonchev–Trinajstić information content (AvgIpc) is 3.59. The van der Waals surface area contributed by atoms with Crippen molar-refractivity contribution in [3.8, 4) is 22.3 Å². The number of para-hydroxylation sites is 1. The minimum absolute atomic E-state index is 0.272. The summed E-state index contributed by atoms with van der Waals surface area (Å²) >= 11 is 0. The Morgan fingerprint density at radius 1 is 0.471 bits per heavy atom. The zero-order valence-electron chi connectivity index (χ0n) is 27.8. The summed E-state index contributed by atoms with van der Waals surface area (Å²) < 4.78 is 6.42. The molecule has 10 rings (SSSR count). The molecule has 0 spiro atoms. The Kier molecular flexibility index (Phi) is 7.00. The van der Waals surface area contributed by atoms with E-state index in [1.807, 2.05) is 18.2 Å². The Morgan fingerprint density at radius 3 is 1.88 bits per heavy atom. The second-order valence-electron chi connectivity index (χ2n) is 13.2. The minimum Gasteiger partial charge on any atom is -0.456 e. The van der Waals surface area contributed by atoms with Gasteiger partial charge in [-0.05, 0) is 67.6 Å². The zero-order chi connectivity index (χ0) is 33.7. The van der Waals surface area contributed by atoms with Crippen molar-refractivity contribution in [2.45, 2.75) is 12.3 Å². The molecule has 8 aromatic carbocycles. The van der Waals surface area contributed by atoms with E-state index in [0.29, 0.717) is 0 Å². The van der Waals surface area contributed by atoms with Gasteiger partial charge in [0.05, 0.1) is 0 Å². The van der Waals surface area contributed by atoms with Crippen LogP contribution in [0.15, 0.2) is 185 Å². The highest BCUT2D eigenvalue weighted by molar-refractivity contribution is 6.14. The lowest BCUT2D eigenvalue weighted by atomic mass is 9.92. The van der Waals surface area contributed by atoms with Crippen LogP contribution in [0.1, 0.15) is 29.0 Å². The molecule has 242 valence electrons. The summed E-state index contributed by atoms with van der Waals surface area (Å²) in [6.07, 6.45) is -0.572. The maximum Gasteiger partial charge on any atom is 0.135 e. The number of nitrogens with one attached hydrogen (secondary N) is 2. The van der Waals surface area contributed by atoms with E-state index in [1.165, 1.54) is 32.7 Å². The van der Waals surface area contributed by atoms with Gasteiger partial charge in [-0.25, -0.2) is 4.99 Å². The maximum absolute atomic E-state index is 6.42. The molecule has 1 aliphatic rings. The molecule has 0 saturated carbocycles. The molecule has 0 fully saturated rings. The average molecular weight is 656 g/mol. The molecule has 2 atom stereocenters. The highest BCUT2D eigenvalue weighted by atomic mass is 16.3. The van der Waals surface area contributed by atoms with Crippen molar-refractivity contribution in [3.63, 3.8) is 0 Å². The Bertz CT molecular complexity index is 2750. The van der Waals surface area contributed by atoms with Crippen LogP contribution in [-0.2, 0) is 0 Å². The number of amidine groups is 1. The summed E-state index contributed by atoms with van der Waals surface area (Å²) in [6, 6.07) is 62.2. The molecule has 9 aromatic rings. The van der Waals surface area contributed by atoms with Gasteiger partial charge in [0.15, 0.2) is 0 Å². The van der Waals surface area contributed by atoms with Gasteiger partial charge in [-0.1, -0.05) is 158 Å². The molecule has 0 radical (unpaired) electrons. The second kappa shape index (κ2) is 12.1.